The Morgan fingerprint density at radius 2 is 2.22 bits per heavy atom. The van der Waals surface area contributed by atoms with Crippen LogP contribution in [-0.4, -0.2) is 54.1 Å². The minimum Gasteiger partial charge on any atom is -0.336 e. The second kappa shape index (κ2) is 6.88. The van der Waals surface area contributed by atoms with Crippen LogP contribution in [-0.2, 0) is 6.54 Å². The second-order valence-electron chi connectivity index (χ2n) is 7.32. The molecule has 3 aromatic rings. The molecule has 1 aliphatic carbocycles. The van der Waals surface area contributed by atoms with Crippen LogP contribution in [0.4, 0.5) is 0 Å². The Morgan fingerprint density at radius 3 is 3.04 bits per heavy atom. The zero-order valence-corrected chi connectivity index (χ0v) is 15.7. The summed E-state index contributed by atoms with van der Waals surface area (Å²) in [5, 5.41) is 17.7. The number of likely N-dealkylation sites (tertiary alicyclic amines) is 1. The molecule has 0 radical (unpaired) electrons. The second-order valence-corrected chi connectivity index (χ2v) is 8.36. The van der Waals surface area contributed by atoms with Crippen molar-refractivity contribution < 1.29 is 4.79 Å². The Labute approximate surface area is 160 Å². The number of nitrogens with zero attached hydrogens (tertiary/aromatic N) is 6. The molecule has 5 rings (SSSR count). The average Bonchev–Trinajstić information content (AvgIpc) is 3.10. The first-order chi connectivity index (χ1) is 13.3. The summed E-state index contributed by atoms with van der Waals surface area (Å²) in [6.45, 7) is 2.02. The highest BCUT2D eigenvalue weighted by Gasteiger charge is 2.32. The van der Waals surface area contributed by atoms with Crippen LogP contribution in [0, 0.1) is 0 Å². The summed E-state index contributed by atoms with van der Waals surface area (Å²) in [5.74, 6) is 2.54. The van der Waals surface area contributed by atoms with Crippen LogP contribution in [0.2, 0.25) is 0 Å². The molecule has 27 heavy (non-hydrogen) atoms. The number of nitrogens with one attached hydrogen (secondary N) is 1. The van der Waals surface area contributed by atoms with Gasteiger partial charge in [-0.2, -0.15) is 5.10 Å². The van der Waals surface area contributed by atoms with Gasteiger partial charge in [0.15, 0.2) is 11.5 Å². The highest BCUT2D eigenvalue weighted by molar-refractivity contribution is 7.09. The lowest BCUT2D eigenvalue weighted by atomic mass is 9.97. The molecule has 9 heteroatoms. The van der Waals surface area contributed by atoms with Gasteiger partial charge in [-0.1, -0.05) is 11.3 Å². The van der Waals surface area contributed by atoms with Gasteiger partial charge in [-0.25, -0.2) is 9.67 Å². The molecule has 1 saturated carbocycles. The molecule has 1 amide bonds. The fourth-order valence-electron chi connectivity index (χ4n) is 3.58. The van der Waals surface area contributed by atoms with Crippen molar-refractivity contribution in [3.63, 3.8) is 0 Å². The number of hydrogen-bond acceptors (Lipinski definition) is 6. The molecule has 8 nitrogen and oxygen atoms in total. The van der Waals surface area contributed by atoms with E-state index in [1.54, 1.807) is 22.2 Å². The summed E-state index contributed by atoms with van der Waals surface area (Å²) in [7, 11) is 0. The number of aromatic amines is 1. The predicted octanol–water partition coefficient (Wildman–Crippen LogP) is 2.40. The molecule has 4 heterocycles. The lowest BCUT2D eigenvalue weighted by Gasteiger charge is -2.30. The number of thiophene rings is 1. The predicted molar refractivity (Wildman–Crippen MR) is 99.7 cm³/mol. The van der Waals surface area contributed by atoms with Gasteiger partial charge in [0.25, 0.3) is 5.91 Å². The van der Waals surface area contributed by atoms with Gasteiger partial charge in [0.05, 0.1) is 12.7 Å². The lowest BCUT2D eigenvalue weighted by molar-refractivity contribution is 0.0698. The van der Waals surface area contributed by atoms with Crippen molar-refractivity contribution in [1.82, 2.24) is 35.1 Å². The first-order valence-electron chi connectivity index (χ1n) is 9.40. The van der Waals surface area contributed by atoms with E-state index in [2.05, 4.69) is 31.6 Å². The molecule has 0 aromatic carbocycles. The number of amides is 1. The number of carbonyl (C=O) groups excluding carboxylic acids is 1. The topological polar surface area (TPSA) is 92.6 Å². The van der Waals surface area contributed by atoms with Crippen LogP contribution in [0.5, 0.6) is 0 Å². The fraction of sp³-hybridized carbons (Fsp3) is 0.500. The van der Waals surface area contributed by atoms with Crippen molar-refractivity contribution in [3.8, 4) is 0 Å². The van der Waals surface area contributed by atoms with Crippen molar-refractivity contribution in [2.45, 2.75) is 44.1 Å². The standard InChI is InChI=1S/C18H21N7OS/c26-18(15-11-25(23-20-15)10-14-4-2-8-27-14)24-7-1-3-13(9-24)17-19-16(21-22-17)12-5-6-12/h2,4,8,11-13H,1,3,5-7,9-10H2,(H,19,21,22)/t13-/m0/s1. The van der Waals surface area contributed by atoms with E-state index in [4.69, 9.17) is 0 Å². The van der Waals surface area contributed by atoms with Gasteiger partial charge in [0.2, 0.25) is 0 Å². The number of aromatic nitrogens is 6. The van der Waals surface area contributed by atoms with Gasteiger partial charge in [-0.05, 0) is 37.1 Å². The Morgan fingerprint density at radius 1 is 1.30 bits per heavy atom. The van der Waals surface area contributed by atoms with Gasteiger partial charge in [-0.15, -0.1) is 16.4 Å². The van der Waals surface area contributed by atoms with Crippen LogP contribution >= 0.6 is 11.3 Å². The molecular formula is C18H21N7OS. The third-order valence-electron chi connectivity index (χ3n) is 5.21. The molecule has 2 aliphatic rings. The SMILES string of the molecule is O=C(c1cn(Cc2cccs2)nn1)N1CCC[C@H](c2n[nH]c(C3CC3)n2)C1. The molecule has 1 atom stereocenters. The summed E-state index contributed by atoms with van der Waals surface area (Å²) in [5.41, 5.74) is 0.404. The van der Waals surface area contributed by atoms with E-state index in [1.165, 1.54) is 17.7 Å². The van der Waals surface area contributed by atoms with E-state index in [9.17, 15) is 4.79 Å². The molecule has 0 bridgehead atoms. The Bertz CT molecular complexity index is 927. The molecule has 0 spiro atoms. The Kier molecular flexibility index (Phi) is 4.23. The maximum Gasteiger partial charge on any atom is 0.276 e. The van der Waals surface area contributed by atoms with Gasteiger partial charge < -0.3 is 4.90 Å². The molecule has 0 unspecified atom stereocenters. The Balaban J connectivity index is 1.26. The third kappa shape index (κ3) is 3.51. The van der Waals surface area contributed by atoms with Crippen molar-refractivity contribution in [1.29, 1.82) is 0 Å². The molecule has 3 aromatic heterocycles. The third-order valence-corrected chi connectivity index (χ3v) is 6.07. The van der Waals surface area contributed by atoms with Crippen molar-refractivity contribution in [2.24, 2.45) is 0 Å². The van der Waals surface area contributed by atoms with Gasteiger partial charge >= 0.3 is 0 Å². The lowest BCUT2D eigenvalue weighted by Crippen LogP contribution is -2.39. The van der Waals surface area contributed by atoms with E-state index in [0.29, 0.717) is 24.7 Å². The number of carbonyl (C=O) groups is 1. The van der Waals surface area contributed by atoms with E-state index < -0.39 is 0 Å². The molecule has 2 fully saturated rings. The molecular weight excluding hydrogens is 362 g/mol. The fourth-order valence-corrected chi connectivity index (χ4v) is 4.28. The number of hydrogen-bond donors (Lipinski definition) is 1. The summed E-state index contributed by atoms with van der Waals surface area (Å²) in [6, 6.07) is 4.06. The van der Waals surface area contributed by atoms with Crippen molar-refractivity contribution in [3.05, 3.63) is 45.9 Å². The van der Waals surface area contributed by atoms with E-state index in [0.717, 1.165) is 31.0 Å². The largest absolute Gasteiger partial charge is 0.336 e. The molecule has 1 aliphatic heterocycles. The van der Waals surface area contributed by atoms with Gasteiger partial charge in [0, 0.05) is 29.8 Å². The first kappa shape index (κ1) is 16.6. The van der Waals surface area contributed by atoms with Crippen LogP contribution in [0.1, 0.15) is 64.5 Å². The Hall–Kier alpha value is -2.55. The van der Waals surface area contributed by atoms with Crippen LogP contribution in [0.15, 0.2) is 23.7 Å². The maximum atomic E-state index is 12.9. The van der Waals surface area contributed by atoms with Crippen molar-refractivity contribution in [2.75, 3.05) is 13.1 Å². The van der Waals surface area contributed by atoms with Crippen LogP contribution < -0.4 is 0 Å². The minimum atomic E-state index is -0.0601. The number of H-pyrrole nitrogens is 1. The van der Waals surface area contributed by atoms with E-state index in [-0.39, 0.29) is 11.8 Å². The van der Waals surface area contributed by atoms with Gasteiger partial charge in [0.1, 0.15) is 5.82 Å². The van der Waals surface area contributed by atoms with Gasteiger partial charge in [-0.3, -0.25) is 9.89 Å². The number of piperidine rings is 1. The van der Waals surface area contributed by atoms with E-state index in [1.807, 2.05) is 16.3 Å². The summed E-state index contributed by atoms with van der Waals surface area (Å²) >= 11 is 1.67. The zero-order chi connectivity index (χ0) is 18.2. The first-order valence-corrected chi connectivity index (χ1v) is 10.3. The highest BCUT2D eigenvalue weighted by Crippen LogP contribution is 2.38. The van der Waals surface area contributed by atoms with Crippen molar-refractivity contribution >= 4 is 17.2 Å². The smallest absolute Gasteiger partial charge is 0.276 e. The minimum absolute atomic E-state index is 0.0601. The summed E-state index contributed by atoms with van der Waals surface area (Å²) in [6.07, 6.45) is 6.10. The normalized spacial score (nSPS) is 20.1. The maximum absolute atomic E-state index is 12.9. The molecule has 1 saturated heterocycles. The average molecular weight is 383 g/mol. The molecule has 140 valence electrons. The number of rotatable bonds is 5. The zero-order valence-electron chi connectivity index (χ0n) is 14.9. The quantitative estimate of drug-likeness (QED) is 0.730. The summed E-state index contributed by atoms with van der Waals surface area (Å²) < 4.78 is 1.72. The highest BCUT2D eigenvalue weighted by atomic mass is 32.1. The van der Waals surface area contributed by atoms with Crippen LogP contribution in [0.3, 0.4) is 0 Å². The monoisotopic (exact) mass is 383 g/mol. The molecule has 1 N–H and O–H groups in total. The van der Waals surface area contributed by atoms with Crippen LogP contribution in [0.25, 0.3) is 0 Å². The van der Waals surface area contributed by atoms with E-state index >= 15 is 0 Å². The summed E-state index contributed by atoms with van der Waals surface area (Å²) in [4.78, 5) is 20.6.